The van der Waals surface area contributed by atoms with Crippen LogP contribution in [0.5, 0.6) is 0 Å². The van der Waals surface area contributed by atoms with Crippen LogP contribution >= 0.6 is 0 Å². The van der Waals surface area contributed by atoms with E-state index in [0.29, 0.717) is 0 Å². The van der Waals surface area contributed by atoms with E-state index in [9.17, 15) is 4.79 Å². The minimum atomic E-state index is -1.92. The van der Waals surface area contributed by atoms with Crippen LogP contribution in [-0.2, 0) is 9.22 Å². The molecule has 0 heterocycles. The molecule has 1 aliphatic carbocycles. The second-order valence-corrected chi connectivity index (χ2v) is 9.11. The Bertz CT molecular complexity index is 425. The number of hydrogen-bond donors (Lipinski definition) is 0. The van der Waals surface area contributed by atoms with Crippen molar-refractivity contribution in [1.29, 1.82) is 0 Å². The van der Waals surface area contributed by atoms with Gasteiger partial charge in [0.25, 0.3) is 0 Å². The Kier molecular flexibility index (Phi) is 4.14. The molecule has 0 saturated heterocycles. The van der Waals surface area contributed by atoms with E-state index in [-0.39, 0.29) is 12.0 Å². The maximum Gasteiger partial charge on any atom is 0.218 e. The molecule has 0 saturated carbocycles. The Balaban J connectivity index is 2.12. The Morgan fingerprint density at radius 2 is 1.83 bits per heavy atom. The molecule has 0 fully saturated rings. The van der Waals surface area contributed by atoms with Crippen molar-refractivity contribution < 1.29 is 9.22 Å². The van der Waals surface area contributed by atoms with Crippen LogP contribution in [0.15, 0.2) is 42.5 Å². The summed E-state index contributed by atoms with van der Waals surface area (Å²) in [5.74, 6) is 0.0190. The van der Waals surface area contributed by atoms with Gasteiger partial charge in [-0.25, -0.2) is 0 Å². The highest BCUT2D eigenvalue weighted by molar-refractivity contribution is 6.84. The first-order chi connectivity index (χ1) is 8.63. The zero-order chi connectivity index (χ0) is 13.0. The van der Waals surface area contributed by atoms with Crippen molar-refractivity contribution in [1.82, 2.24) is 0 Å². The molecule has 0 N–H and O–H groups in total. The van der Waals surface area contributed by atoms with E-state index in [4.69, 9.17) is 4.43 Å². The predicted octanol–water partition coefficient (Wildman–Crippen LogP) is 2.65. The lowest BCUT2D eigenvalue weighted by Crippen LogP contribution is -2.49. The maximum atomic E-state index is 11.1. The molecule has 3 heteroatoms. The fraction of sp³-hybridized carbons (Fsp3) is 0.400. The fourth-order valence-corrected chi connectivity index (χ4v) is 4.53. The van der Waals surface area contributed by atoms with Gasteiger partial charge in [-0.2, -0.15) is 0 Å². The average molecular weight is 260 g/mol. The Morgan fingerprint density at radius 1 is 1.17 bits per heavy atom. The molecule has 2 rings (SSSR count). The third kappa shape index (κ3) is 2.97. The van der Waals surface area contributed by atoms with E-state index in [2.05, 4.69) is 37.4 Å². The average Bonchev–Trinajstić information content (AvgIpc) is 2.40. The first kappa shape index (κ1) is 13.2. The van der Waals surface area contributed by atoms with Crippen LogP contribution in [0.25, 0.3) is 0 Å². The van der Waals surface area contributed by atoms with Crippen LogP contribution in [0.2, 0.25) is 13.1 Å². The SMILES string of the molecule is C[Si](C)(O[C@H]1CC=CC[C@@H]1C=O)c1ccccc1. The topological polar surface area (TPSA) is 26.3 Å². The summed E-state index contributed by atoms with van der Waals surface area (Å²) in [6.45, 7) is 4.39. The number of rotatable bonds is 4. The maximum absolute atomic E-state index is 11.1. The summed E-state index contributed by atoms with van der Waals surface area (Å²) >= 11 is 0. The van der Waals surface area contributed by atoms with Gasteiger partial charge in [0.2, 0.25) is 8.32 Å². The molecule has 0 unspecified atom stereocenters. The van der Waals surface area contributed by atoms with E-state index in [0.717, 1.165) is 19.1 Å². The van der Waals surface area contributed by atoms with E-state index in [1.165, 1.54) is 5.19 Å². The fourth-order valence-electron chi connectivity index (χ4n) is 2.37. The van der Waals surface area contributed by atoms with Crippen LogP contribution < -0.4 is 5.19 Å². The van der Waals surface area contributed by atoms with Crippen molar-refractivity contribution in [2.45, 2.75) is 32.0 Å². The van der Waals surface area contributed by atoms with Gasteiger partial charge in [0.1, 0.15) is 6.29 Å². The molecule has 0 aliphatic heterocycles. The standard InChI is InChI=1S/C15H20O2Si/c1-18(2,14-9-4-3-5-10-14)17-15-11-7-6-8-13(15)12-16/h3-7,9-10,12-13,15H,8,11H2,1-2H3/t13-,15+/m1/s1. The highest BCUT2D eigenvalue weighted by atomic mass is 28.4. The zero-order valence-electron chi connectivity index (χ0n) is 11.0. The van der Waals surface area contributed by atoms with Gasteiger partial charge in [-0.3, -0.25) is 0 Å². The molecule has 0 aromatic heterocycles. The molecule has 1 aromatic rings. The third-order valence-electron chi connectivity index (χ3n) is 3.51. The van der Waals surface area contributed by atoms with Gasteiger partial charge in [0.05, 0.1) is 6.10 Å². The molecule has 18 heavy (non-hydrogen) atoms. The van der Waals surface area contributed by atoms with Crippen LogP contribution in [0.3, 0.4) is 0 Å². The summed E-state index contributed by atoms with van der Waals surface area (Å²) in [7, 11) is -1.92. The summed E-state index contributed by atoms with van der Waals surface area (Å²) < 4.78 is 6.32. The molecular weight excluding hydrogens is 240 g/mol. The van der Waals surface area contributed by atoms with Crippen LogP contribution in [0.1, 0.15) is 12.8 Å². The molecule has 0 amide bonds. The van der Waals surface area contributed by atoms with Gasteiger partial charge in [-0.05, 0) is 31.1 Å². The summed E-state index contributed by atoms with van der Waals surface area (Å²) in [6.07, 6.45) is 6.97. The van der Waals surface area contributed by atoms with Crippen molar-refractivity contribution in [3.8, 4) is 0 Å². The van der Waals surface area contributed by atoms with Crippen molar-refractivity contribution in [3.05, 3.63) is 42.5 Å². The Labute approximate surface area is 110 Å². The van der Waals surface area contributed by atoms with Crippen LogP contribution in [-0.4, -0.2) is 20.7 Å². The molecule has 2 nitrogen and oxygen atoms in total. The molecular formula is C15H20O2Si. The van der Waals surface area contributed by atoms with Gasteiger partial charge in [0.15, 0.2) is 0 Å². The van der Waals surface area contributed by atoms with Crippen molar-refractivity contribution in [3.63, 3.8) is 0 Å². The minimum Gasteiger partial charge on any atom is -0.409 e. The smallest absolute Gasteiger partial charge is 0.218 e. The number of carbonyl (C=O) groups excluding carboxylic acids is 1. The first-order valence-electron chi connectivity index (χ1n) is 6.47. The van der Waals surface area contributed by atoms with E-state index in [1.54, 1.807) is 0 Å². The van der Waals surface area contributed by atoms with E-state index < -0.39 is 8.32 Å². The summed E-state index contributed by atoms with van der Waals surface area (Å²) in [5.41, 5.74) is 0. The Hall–Kier alpha value is -1.19. The third-order valence-corrected chi connectivity index (χ3v) is 6.13. The van der Waals surface area contributed by atoms with E-state index >= 15 is 0 Å². The molecule has 96 valence electrons. The molecule has 1 aliphatic rings. The second-order valence-electron chi connectivity index (χ2n) is 5.28. The zero-order valence-corrected chi connectivity index (χ0v) is 12.0. The lowest BCUT2D eigenvalue weighted by Gasteiger charge is -2.33. The number of benzene rings is 1. The van der Waals surface area contributed by atoms with Crippen molar-refractivity contribution >= 4 is 19.8 Å². The predicted molar refractivity (Wildman–Crippen MR) is 76.4 cm³/mol. The quantitative estimate of drug-likeness (QED) is 0.472. The summed E-state index contributed by atoms with van der Waals surface area (Å²) in [4.78, 5) is 11.1. The van der Waals surface area contributed by atoms with Crippen LogP contribution in [0, 0.1) is 5.92 Å². The number of aldehydes is 1. The lowest BCUT2D eigenvalue weighted by molar-refractivity contribution is -0.113. The monoisotopic (exact) mass is 260 g/mol. The molecule has 0 radical (unpaired) electrons. The number of hydrogen-bond acceptors (Lipinski definition) is 2. The van der Waals surface area contributed by atoms with Gasteiger partial charge >= 0.3 is 0 Å². The lowest BCUT2D eigenvalue weighted by atomic mass is 9.93. The molecule has 2 atom stereocenters. The Morgan fingerprint density at radius 3 is 2.50 bits per heavy atom. The highest BCUT2D eigenvalue weighted by Gasteiger charge is 2.32. The normalized spacial score (nSPS) is 23.9. The van der Waals surface area contributed by atoms with Gasteiger partial charge in [0, 0.05) is 5.92 Å². The van der Waals surface area contributed by atoms with Gasteiger partial charge in [-0.15, -0.1) is 0 Å². The van der Waals surface area contributed by atoms with Gasteiger partial charge < -0.3 is 9.22 Å². The number of allylic oxidation sites excluding steroid dienone is 1. The van der Waals surface area contributed by atoms with Gasteiger partial charge in [-0.1, -0.05) is 42.5 Å². The summed E-state index contributed by atoms with van der Waals surface area (Å²) in [6, 6.07) is 10.4. The second kappa shape index (κ2) is 5.63. The largest absolute Gasteiger partial charge is 0.409 e. The molecule has 0 spiro atoms. The van der Waals surface area contributed by atoms with Crippen molar-refractivity contribution in [2.75, 3.05) is 0 Å². The molecule has 1 aromatic carbocycles. The first-order valence-corrected chi connectivity index (χ1v) is 9.38. The number of carbonyl (C=O) groups is 1. The minimum absolute atomic E-state index is 0.0190. The van der Waals surface area contributed by atoms with Crippen LogP contribution in [0.4, 0.5) is 0 Å². The molecule has 0 bridgehead atoms. The highest BCUT2D eigenvalue weighted by Crippen LogP contribution is 2.23. The van der Waals surface area contributed by atoms with Crippen molar-refractivity contribution in [2.24, 2.45) is 5.92 Å². The summed E-state index contributed by atoms with van der Waals surface area (Å²) in [5, 5.41) is 1.28. The van der Waals surface area contributed by atoms with E-state index in [1.807, 2.05) is 18.2 Å².